The van der Waals surface area contributed by atoms with Crippen LogP contribution in [0.3, 0.4) is 0 Å². The number of hydrogen-bond donors (Lipinski definition) is 1. The molecule has 1 aromatic rings. The van der Waals surface area contributed by atoms with Gasteiger partial charge in [0, 0.05) is 6.54 Å². The van der Waals surface area contributed by atoms with E-state index < -0.39 is 11.7 Å². The molecule has 8 heteroatoms. The first-order chi connectivity index (χ1) is 8.89. The van der Waals surface area contributed by atoms with E-state index in [1.807, 2.05) is 0 Å². The summed E-state index contributed by atoms with van der Waals surface area (Å²) in [6.45, 7) is 1.17. The van der Waals surface area contributed by atoms with Gasteiger partial charge in [-0.05, 0) is 30.4 Å². The van der Waals surface area contributed by atoms with Gasteiger partial charge in [-0.3, -0.25) is 10.0 Å². The summed E-state index contributed by atoms with van der Waals surface area (Å²) < 4.78 is 37.8. The molecule has 4 nitrogen and oxygen atoms in total. The van der Waals surface area contributed by atoms with Gasteiger partial charge in [0.25, 0.3) is 0 Å². The first-order valence-corrected chi connectivity index (χ1v) is 5.83. The molecule has 0 saturated carbocycles. The summed E-state index contributed by atoms with van der Waals surface area (Å²) in [6.07, 6.45) is -2.89. The van der Waals surface area contributed by atoms with E-state index in [-0.39, 0.29) is 10.8 Å². The van der Waals surface area contributed by atoms with Crippen LogP contribution in [0.15, 0.2) is 29.3 Å². The number of aliphatic imine (C=N–C) groups is 1. The van der Waals surface area contributed by atoms with E-state index in [0.29, 0.717) is 13.1 Å². The van der Waals surface area contributed by atoms with Gasteiger partial charge in [-0.1, -0.05) is 6.07 Å². The quantitative estimate of drug-likeness (QED) is 0.488. The van der Waals surface area contributed by atoms with E-state index in [9.17, 15) is 13.2 Å². The van der Waals surface area contributed by atoms with Gasteiger partial charge in [0.1, 0.15) is 0 Å². The van der Waals surface area contributed by atoms with Crippen LogP contribution in [0.5, 0.6) is 0 Å². The van der Waals surface area contributed by atoms with Crippen LogP contribution in [0.1, 0.15) is 5.56 Å². The fraction of sp³-hybridized carbons (Fsp3) is 0.273. The number of hydrazine groups is 1. The Morgan fingerprint density at radius 3 is 2.74 bits per heavy atom. The Balaban J connectivity index is 2.21. The fourth-order valence-electron chi connectivity index (χ4n) is 1.61. The molecule has 1 aliphatic heterocycles. The number of hydrogen-bond acceptors (Lipinski definition) is 3. The first kappa shape index (κ1) is 13.8. The smallest absolute Gasteiger partial charge is 0.307 e. The standard InChI is InChI=1S/C11H11F3N4S/c12-11(13,14)8-2-1-3-9(6-8)18(15)10(19)17-5-4-16-7-17/h1-3,6-7H,4-5,15H2. The largest absolute Gasteiger partial charge is 0.416 e. The second-order valence-electron chi connectivity index (χ2n) is 3.92. The minimum Gasteiger partial charge on any atom is -0.307 e. The molecule has 2 rings (SSSR count). The molecular formula is C11H11F3N4S. The van der Waals surface area contributed by atoms with Crippen molar-refractivity contribution in [2.24, 2.45) is 10.8 Å². The minimum absolute atomic E-state index is 0.181. The van der Waals surface area contributed by atoms with Gasteiger partial charge in [0.15, 0.2) is 5.11 Å². The normalized spacial score (nSPS) is 14.8. The SMILES string of the molecule is NN(C(=S)N1C=NCC1)c1cccc(C(F)(F)F)c1. The van der Waals surface area contributed by atoms with E-state index in [0.717, 1.165) is 17.1 Å². The Kier molecular flexibility index (Phi) is 3.72. The number of rotatable bonds is 1. The van der Waals surface area contributed by atoms with Crippen LogP contribution in [0.4, 0.5) is 18.9 Å². The maximum absolute atomic E-state index is 12.6. The van der Waals surface area contributed by atoms with Crippen molar-refractivity contribution in [1.29, 1.82) is 0 Å². The zero-order valence-corrected chi connectivity index (χ0v) is 10.6. The molecular weight excluding hydrogens is 277 g/mol. The van der Waals surface area contributed by atoms with Gasteiger partial charge < -0.3 is 4.90 Å². The molecule has 0 amide bonds. The molecule has 0 bridgehead atoms. The van der Waals surface area contributed by atoms with Gasteiger partial charge in [-0.25, -0.2) is 5.84 Å². The van der Waals surface area contributed by atoms with E-state index in [1.165, 1.54) is 18.5 Å². The van der Waals surface area contributed by atoms with E-state index in [2.05, 4.69) is 4.99 Å². The first-order valence-electron chi connectivity index (χ1n) is 5.42. The molecule has 0 atom stereocenters. The summed E-state index contributed by atoms with van der Waals surface area (Å²) in [5.74, 6) is 5.75. The van der Waals surface area contributed by atoms with Crippen molar-refractivity contribution in [2.75, 3.05) is 18.1 Å². The lowest BCUT2D eigenvalue weighted by molar-refractivity contribution is -0.137. The highest BCUT2D eigenvalue weighted by Gasteiger charge is 2.31. The highest BCUT2D eigenvalue weighted by molar-refractivity contribution is 7.80. The van der Waals surface area contributed by atoms with Crippen LogP contribution in [0, 0.1) is 0 Å². The van der Waals surface area contributed by atoms with Gasteiger partial charge in [0.05, 0.1) is 24.1 Å². The minimum atomic E-state index is -4.41. The Labute approximate surface area is 113 Å². The van der Waals surface area contributed by atoms with Gasteiger partial charge in [0.2, 0.25) is 0 Å². The van der Waals surface area contributed by atoms with Gasteiger partial charge in [-0.2, -0.15) is 13.2 Å². The summed E-state index contributed by atoms with van der Waals surface area (Å²) in [7, 11) is 0. The van der Waals surface area contributed by atoms with Gasteiger partial charge in [-0.15, -0.1) is 0 Å². The summed E-state index contributed by atoms with van der Waals surface area (Å²) in [4.78, 5) is 5.58. The monoisotopic (exact) mass is 288 g/mol. The molecule has 0 fully saturated rings. The second kappa shape index (κ2) is 5.14. The Hall–Kier alpha value is -1.67. The number of thiocarbonyl (C=S) groups is 1. The van der Waals surface area contributed by atoms with E-state index in [4.69, 9.17) is 18.1 Å². The molecule has 0 unspecified atom stereocenters. The Morgan fingerprint density at radius 1 is 1.42 bits per heavy atom. The molecule has 0 spiro atoms. The zero-order chi connectivity index (χ0) is 14.0. The molecule has 1 heterocycles. The van der Waals surface area contributed by atoms with Crippen molar-refractivity contribution in [3.63, 3.8) is 0 Å². The average molecular weight is 288 g/mol. The van der Waals surface area contributed by atoms with Gasteiger partial charge >= 0.3 is 6.18 Å². The number of nitrogens with zero attached hydrogens (tertiary/aromatic N) is 3. The molecule has 2 N–H and O–H groups in total. The summed E-state index contributed by atoms with van der Waals surface area (Å²) in [5.41, 5.74) is -0.585. The van der Waals surface area contributed by atoms with E-state index in [1.54, 1.807) is 4.90 Å². The zero-order valence-electron chi connectivity index (χ0n) is 9.76. The molecule has 1 aliphatic rings. The third-order valence-corrected chi connectivity index (χ3v) is 3.03. The number of benzene rings is 1. The van der Waals surface area contributed by atoms with Crippen LogP contribution < -0.4 is 10.9 Å². The number of halogens is 3. The van der Waals surface area contributed by atoms with Crippen molar-refractivity contribution in [1.82, 2.24) is 4.90 Å². The highest BCUT2D eigenvalue weighted by Crippen LogP contribution is 2.31. The molecule has 0 aliphatic carbocycles. The third kappa shape index (κ3) is 3.02. The van der Waals surface area contributed by atoms with E-state index >= 15 is 0 Å². The predicted octanol–water partition coefficient (Wildman–Crippen LogP) is 2.01. The fourth-order valence-corrected chi connectivity index (χ4v) is 1.85. The molecule has 19 heavy (non-hydrogen) atoms. The van der Waals surface area contributed by atoms with Crippen LogP contribution in [-0.4, -0.2) is 29.4 Å². The summed E-state index contributed by atoms with van der Waals surface area (Å²) in [6, 6.07) is 4.70. The van der Waals surface area contributed by atoms with Crippen LogP contribution in [0.25, 0.3) is 0 Å². The van der Waals surface area contributed by atoms with Crippen molar-refractivity contribution in [3.8, 4) is 0 Å². The number of alkyl halides is 3. The van der Waals surface area contributed by atoms with Crippen molar-refractivity contribution >= 4 is 29.4 Å². The van der Waals surface area contributed by atoms with Crippen LogP contribution >= 0.6 is 12.2 Å². The maximum Gasteiger partial charge on any atom is 0.416 e. The predicted molar refractivity (Wildman–Crippen MR) is 70.8 cm³/mol. The number of nitrogens with two attached hydrogens (primary N) is 1. The maximum atomic E-state index is 12.6. The lowest BCUT2D eigenvalue weighted by Gasteiger charge is -2.25. The van der Waals surface area contributed by atoms with Crippen molar-refractivity contribution < 1.29 is 13.2 Å². The average Bonchev–Trinajstić information content (AvgIpc) is 2.90. The molecule has 0 radical (unpaired) electrons. The number of anilines is 1. The molecule has 1 aromatic carbocycles. The second-order valence-corrected chi connectivity index (χ2v) is 4.28. The molecule has 102 valence electrons. The van der Waals surface area contributed by atoms with Crippen molar-refractivity contribution in [2.45, 2.75) is 6.18 Å². The topological polar surface area (TPSA) is 44.9 Å². The third-order valence-electron chi connectivity index (χ3n) is 2.59. The Morgan fingerprint density at radius 2 is 2.16 bits per heavy atom. The highest BCUT2D eigenvalue weighted by atomic mass is 32.1. The van der Waals surface area contributed by atoms with Crippen molar-refractivity contribution in [3.05, 3.63) is 29.8 Å². The molecule has 0 saturated heterocycles. The lowest BCUT2D eigenvalue weighted by atomic mass is 10.2. The van der Waals surface area contributed by atoms with Crippen LogP contribution in [0.2, 0.25) is 0 Å². The Bertz CT molecular complexity index is 515. The summed E-state index contributed by atoms with van der Waals surface area (Å²) >= 11 is 5.11. The van der Waals surface area contributed by atoms with Crippen LogP contribution in [-0.2, 0) is 6.18 Å². The molecule has 0 aromatic heterocycles. The summed E-state index contributed by atoms with van der Waals surface area (Å²) in [5, 5.41) is 1.25. The lowest BCUT2D eigenvalue weighted by Crippen LogP contribution is -2.46.